The van der Waals surface area contributed by atoms with Gasteiger partial charge >= 0.3 is 6.09 Å². The number of ether oxygens (including phenoxy) is 1. The normalized spacial score (nSPS) is 15.2. The van der Waals surface area contributed by atoms with Crippen LogP contribution in [-0.4, -0.2) is 50.7 Å². The number of carbonyl (C=O) groups is 1. The number of aromatic amines is 1. The lowest BCUT2D eigenvalue weighted by atomic mass is 10.1. The first kappa shape index (κ1) is 19.0. The molecule has 0 spiro atoms. The minimum absolute atomic E-state index is 0.108. The number of amides is 1. The molecule has 28 heavy (non-hydrogen) atoms. The zero-order valence-corrected chi connectivity index (χ0v) is 17.9. The number of nitrogens with zero attached hydrogens (tertiary/aromatic N) is 3. The van der Waals surface area contributed by atoms with E-state index in [4.69, 9.17) is 9.72 Å². The number of halogens is 1. The van der Waals surface area contributed by atoms with Crippen molar-refractivity contribution in [3.63, 3.8) is 0 Å². The number of rotatable bonds is 2. The number of nitrogens with one attached hydrogen (secondary N) is 1. The lowest BCUT2D eigenvalue weighted by Crippen LogP contribution is -2.50. The SMILES string of the molecule is CC(C)(I)OC(=O)N1CCN(c2ccc3[nH]c(=O)c4ccccc4c3n2)CC1. The van der Waals surface area contributed by atoms with Crippen LogP contribution >= 0.6 is 22.6 Å². The maximum Gasteiger partial charge on any atom is 0.411 e. The summed E-state index contributed by atoms with van der Waals surface area (Å²) in [5.74, 6) is 0.840. The first-order valence-corrected chi connectivity index (χ1v) is 10.2. The Hall–Kier alpha value is -2.36. The van der Waals surface area contributed by atoms with Gasteiger partial charge in [-0.05, 0) is 54.6 Å². The number of fused-ring (bicyclic) bond motifs is 3. The van der Waals surface area contributed by atoms with Crippen LogP contribution in [-0.2, 0) is 4.74 Å². The molecule has 7 nitrogen and oxygen atoms in total. The molecule has 146 valence electrons. The van der Waals surface area contributed by atoms with E-state index in [9.17, 15) is 9.59 Å². The highest BCUT2D eigenvalue weighted by atomic mass is 127. The summed E-state index contributed by atoms with van der Waals surface area (Å²) >= 11 is 2.10. The van der Waals surface area contributed by atoms with Crippen molar-refractivity contribution in [2.45, 2.75) is 17.5 Å². The topological polar surface area (TPSA) is 78.5 Å². The van der Waals surface area contributed by atoms with Gasteiger partial charge in [0.1, 0.15) is 5.82 Å². The van der Waals surface area contributed by atoms with E-state index in [0.29, 0.717) is 31.6 Å². The van der Waals surface area contributed by atoms with E-state index < -0.39 is 3.61 Å². The highest BCUT2D eigenvalue weighted by Crippen LogP contribution is 2.24. The second-order valence-electron chi connectivity index (χ2n) is 7.27. The van der Waals surface area contributed by atoms with Gasteiger partial charge in [0.2, 0.25) is 0 Å². The van der Waals surface area contributed by atoms with Crippen molar-refractivity contribution in [1.29, 1.82) is 0 Å². The third-order valence-corrected chi connectivity index (χ3v) is 4.97. The Morgan fingerprint density at radius 3 is 2.46 bits per heavy atom. The minimum atomic E-state index is -0.524. The Kier molecular flexibility index (Phi) is 4.90. The molecule has 1 aliphatic heterocycles. The average Bonchev–Trinajstić information content (AvgIpc) is 2.67. The van der Waals surface area contributed by atoms with Crippen molar-refractivity contribution >= 4 is 56.3 Å². The number of alkyl halides is 1. The molecule has 0 bridgehead atoms. The van der Waals surface area contributed by atoms with Gasteiger partial charge in [-0.1, -0.05) is 18.2 Å². The van der Waals surface area contributed by atoms with Gasteiger partial charge in [0.25, 0.3) is 5.56 Å². The number of anilines is 1. The largest absolute Gasteiger partial charge is 0.433 e. The smallest absolute Gasteiger partial charge is 0.411 e. The summed E-state index contributed by atoms with van der Waals surface area (Å²) in [7, 11) is 0. The molecule has 0 saturated carbocycles. The molecule has 2 aromatic heterocycles. The van der Waals surface area contributed by atoms with Crippen LogP contribution < -0.4 is 10.5 Å². The standard InChI is InChI=1S/C20H21IN4O3/c1-20(2,21)28-19(27)25-11-9-24(10-12-25)16-8-7-15-17(23-16)13-5-3-4-6-14(13)18(26)22-15/h3-8H,9-12H2,1-2H3,(H,22,26). The van der Waals surface area contributed by atoms with Gasteiger partial charge in [0.05, 0.1) is 11.0 Å². The third-order valence-electron chi connectivity index (χ3n) is 4.75. The van der Waals surface area contributed by atoms with E-state index in [1.165, 1.54) is 0 Å². The quantitative estimate of drug-likeness (QED) is 0.337. The molecule has 1 aromatic carbocycles. The second kappa shape index (κ2) is 7.23. The van der Waals surface area contributed by atoms with Gasteiger partial charge in [-0.15, -0.1) is 0 Å². The molecule has 0 radical (unpaired) electrons. The third kappa shape index (κ3) is 3.78. The summed E-state index contributed by atoms with van der Waals surface area (Å²) in [6.07, 6.45) is -0.283. The fourth-order valence-corrected chi connectivity index (χ4v) is 3.59. The summed E-state index contributed by atoms with van der Waals surface area (Å²) in [6.45, 7) is 6.23. The molecule has 0 atom stereocenters. The maximum atomic E-state index is 12.2. The molecule has 1 fully saturated rings. The zero-order chi connectivity index (χ0) is 19.9. The Bertz CT molecular complexity index is 1100. The van der Waals surface area contributed by atoms with E-state index in [0.717, 1.165) is 22.2 Å². The van der Waals surface area contributed by atoms with Crippen LogP contribution in [0.25, 0.3) is 21.8 Å². The summed E-state index contributed by atoms with van der Waals surface area (Å²) in [5.41, 5.74) is 1.39. The van der Waals surface area contributed by atoms with Gasteiger partial charge in [0.15, 0.2) is 3.61 Å². The molecular weight excluding hydrogens is 471 g/mol. The lowest BCUT2D eigenvalue weighted by Gasteiger charge is -2.36. The van der Waals surface area contributed by atoms with Gasteiger partial charge in [0, 0.05) is 37.0 Å². The fourth-order valence-electron chi connectivity index (χ4n) is 3.40. The molecule has 4 rings (SSSR count). The number of pyridine rings is 2. The highest BCUT2D eigenvalue weighted by molar-refractivity contribution is 14.1. The van der Waals surface area contributed by atoms with Crippen molar-refractivity contribution < 1.29 is 9.53 Å². The zero-order valence-electron chi connectivity index (χ0n) is 15.7. The van der Waals surface area contributed by atoms with Crippen LogP contribution in [0.1, 0.15) is 13.8 Å². The molecule has 0 unspecified atom stereocenters. The molecule has 1 amide bonds. The molecule has 3 aromatic rings. The van der Waals surface area contributed by atoms with Crippen LogP contribution in [0.5, 0.6) is 0 Å². The van der Waals surface area contributed by atoms with E-state index in [1.807, 2.05) is 44.2 Å². The lowest BCUT2D eigenvalue weighted by molar-refractivity contribution is 0.0681. The summed E-state index contributed by atoms with van der Waals surface area (Å²) in [6, 6.07) is 11.3. The first-order chi connectivity index (χ1) is 13.3. The molecular formula is C20H21IN4O3. The second-order valence-corrected chi connectivity index (χ2v) is 9.87. The fraction of sp³-hybridized carbons (Fsp3) is 0.350. The maximum absolute atomic E-state index is 12.2. The van der Waals surface area contributed by atoms with Crippen LogP contribution in [0.4, 0.5) is 10.6 Å². The summed E-state index contributed by atoms with van der Waals surface area (Å²) < 4.78 is 4.92. The van der Waals surface area contributed by atoms with Gasteiger partial charge in [-0.2, -0.15) is 0 Å². The monoisotopic (exact) mass is 492 g/mol. The van der Waals surface area contributed by atoms with Crippen LogP contribution in [0.15, 0.2) is 41.2 Å². The Morgan fingerprint density at radius 1 is 1.11 bits per heavy atom. The molecule has 8 heteroatoms. The Balaban J connectivity index is 1.58. The molecule has 1 N–H and O–H groups in total. The molecule has 1 saturated heterocycles. The van der Waals surface area contributed by atoms with Gasteiger partial charge in [-0.3, -0.25) is 4.79 Å². The van der Waals surface area contributed by atoms with E-state index >= 15 is 0 Å². The summed E-state index contributed by atoms with van der Waals surface area (Å²) in [4.78, 5) is 36.1. The number of benzene rings is 1. The number of aromatic nitrogens is 2. The predicted molar refractivity (Wildman–Crippen MR) is 118 cm³/mol. The van der Waals surface area contributed by atoms with Crippen molar-refractivity contribution in [2.24, 2.45) is 0 Å². The number of H-pyrrole nitrogens is 1. The number of carbonyl (C=O) groups excluding carboxylic acids is 1. The molecule has 1 aliphatic rings. The Labute approximate surface area is 175 Å². The van der Waals surface area contributed by atoms with Crippen molar-refractivity contribution in [3.05, 3.63) is 46.8 Å². The number of hydrogen-bond donors (Lipinski definition) is 1. The number of piperazine rings is 1. The van der Waals surface area contributed by atoms with Crippen molar-refractivity contribution in [3.8, 4) is 0 Å². The van der Waals surface area contributed by atoms with Crippen LogP contribution in [0, 0.1) is 0 Å². The molecule has 0 aliphatic carbocycles. The van der Waals surface area contributed by atoms with Crippen LogP contribution in [0.3, 0.4) is 0 Å². The summed E-state index contributed by atoms with van der Waals surface area (Å²) in [5, 5.41) is 1.48. The van der Waals surface area contributed by atoms with E-state index in [-0.39, 0.29) is 11.7 Å². The minimum Gasteiger partial charge on any atom is -0.433 e. The van der Waals surface area contributed by atoms with E-state index in [1.54, 1.807) is 11.0 Å². The van der Waals surface area contributed by atoms with Gasteiger partial charge < -0.3 is 19.5 Å². The predicted octanol–water partition coefficient (Wildman–Crippen LogP) is 3.51. The van der Waals surface area contributed by atoms with Crippen molar-refractivity contribution in [1.82, 2.24) is 14.9 Å². The van der Waals surface area contributed by atoms with Gasteiger partial charge in [-0.25, -0.2) is 9.78 Å². The first-order valence-electron chi connectivity index (χ1n) is 9.15. The average molecular weight is 492 g/mol. The number of hydrogen-bond acceptors (Lipinski definition) is 5. The highest BCUT2D eigenvalue weighted by Gasteiger charge is 2.27. The molecule has 3 heterocycles. The van der Waals surface area contributed by atoms with Crippen molar-refractivity contribution in [2.75, 3.05) is 31.1 Å². The van der Waals surface area contributed by atoms with Crippen LogP contribution in [0.2, 0.25) is 0 Å². The Morgan fingerprint density at radius 2 is 1.79 bits per heavy atom. The van der Waals surface area contributed by atoms with E-state index in [2.05, 4.69) is 32.5 Å².